The molecule has 0 aliphatic heterocycles. The summed E-state index contributed by atoms with van der Waals surface area (Å²) < 4.78 is 22.6. The van der Waals surface area contributed by atoms with Crippen LogP contribution in [-0.2, 0) is 20.9 Å². The number of aromatic hydroxyl groups is 1. The Morgan fingerprint density at radius 3 is 2.62 bits per heavy atom. The predicted octanol–water partition coefficient (Wildman–Crippen LogP) is 2.41. The first kappa shape index (κ1) is 19.0. The minimum absolute atomic E-state index is 0.00921. The van der Waals surface area contributed by atoms with E-state index in [0.29, 0.717) is 5.56 Å². The topological polar surface area (TPSA) is 84.9 Å². The average Bonchev–Trinajstić information content (AvgIpc) is 2.65. The molecule has 2 N–H and O–H groups in total. The van der Waals surface area contributed by atoms with Crippen molar-refractivity contribution < 1.29 is 28.6 Å². The number of esters is 1. The normalized spacial score (nSPS) is 10.5. The fourth-order valence-corrected chi connectivity index (χ4v) is 2.00. The average molecular weight is 359 g/mol. The number of hydrogen-bond donors (Lipinski definition) is 2. The Bertz CT molecular complexity index is 802. The molecule has 0 saturated heterocycles. The van der Waals surface area contributed by atoms with Gasteiger partial charge in [-0.2, -0.15) is 0 Å². The Morgan fingerprint density at radius 2 is 1.92 bits per heavy atom. The van der Waals surface area contributed by atoms with Gasteiger partial charge in [-0.1, -0.05) is 18.2 Å². The van der Waals surface area contributed by atoms with Crippen molar-refractivity contribution in [1.82, 2.24) is 5.32 Å². The maximum atomic E-state index is 12.8. The number of carbonyl (C=O) groups excluding carboxylic acids is 2. The molecule has 0 atom stereocenters. The van der Waals surface area contributed by atoms with Crippen LogP contribution in [0.4, 0.5) is 4.39 Å². The van der Waals surface area contributed by atoms with E-state index in [1.54, 1.807) is 24.3 Å². The van der Waals surface area contributed by atoms with Gasteiger partial charge < -0.3 is 19.9 Å². The van der Waals surface area contributed by atoms with Gasteiger partial charge in [-0.3, -0.25) is 4.79 Å². The maximum Gasteiger partial charge on any atom is 0.331 e. The highest BCUT2D eigenvalue weighted by Crippen LogP contribution is 2.26. The summed E-state index contributed by atoms with van der Waals surface area (Å²) in [6, 6.07) is 10.3. The van der Waals surface area contributed by atoms with Gasteiger partial charge in [0.05, 0.1) is 7.11 Å². The molecular weight excluding hydrogens is 341 g/mol. The van der Waals surface area contributed by atoms with Crippen LogP contribution in [0.1, 0.15) is 11.1 Å². The number of benzene rings is 2. The summed E-state index contributed by atoms with van der Waals surface area (Å²) in [7, 11) is 1.42. The molecule has 0 unspecified atom stereocenters. The molecule has 0 aromatic heterocycles. The van der Waals surface area contributed by atoms with E-state index in [0.717, 1.165) is 5.56 Å². The number of halogens is 1. The lowest BCUT2D eigenvalue weighted by Gasteiger charge is -2.06. The molecule has 2 rings (SSSR count). The number of ether oxygens (including phenoxy) is 2. The molecule has 7 heteroatoms. The van der Waals surface area contributed by atoms with Crippen LogP contribution in [0.25, 0.3) is 6.08 Å². The monoisotopic (exact) mass is 359 g/mol. The summed E-state index contributed by atoms with van der Waals surface area (Å²) >= 11 is 0. The number of rotatable bonds is 7. The zero-order valence-electron chi connectivity index (χ0n) is 14.1. The van der Waals surface area contributed by atoms with Crippen molar-refractivity contribution in [2.24, 2.45) is 0 Å². The summed E-state index contributed by atoms with van der Waals surface area (Å²) in [5.74, 6) is -1.24. The fourth-order valence-electron chi connectivity index (χ4n) is 2.00. The number of phenols is 1. The Hall–Kier alpha value is -3.35. The standard InChI is InChI=1S/C19H18FNO5/c1-25-17-10-13(4-8-16(17)22)5-9-19(24)26-12-18(23)21-11-14-2-6-15(20)7-3-14/h2-10,22H,11-12H2,1H3,(H,21,23)/b9-5+. The zero-order valence-corrected chi connectivity index (χ0v) is 14.1. The van der Waals surface area contributed by atoms with Crippen LogP contribution < -0.4 is 10.1 Å². The van der Waals surface area contributed by atoms with Crippen LogP contribution in [0.2, 0.25) is 0 Å². The first-order valence-electron chi connectivity index (χ1n) is 7.71. The van der Waals surface area contributed by atoms with E-state index in [2.05, 4.69) is 5.32 Å². The summed E-state index contributed by atoms with van der Waals surface area (Å²) in [5, 5.41) is 12.1. The number of carbonyl (C=O) groups is 2. The van der Waals surface area contributed by atoms with Gasteiger partial charge in [-0.25, -0.2) is 9.18 Å². The van der Waals surface area contributed by atoms with Crippen molar-refractivity contribution in [1.29, 1.82) is 0 Å². The quantitative estimate of drug-likeness (QED) is 0.586. The molecule has 136 valence electrons. The van der Waals surface area contributed by atoms with Gasteiger partial charge in [-0.15, -0.1) is 0 Å². The molecular formula is C19H18FNO5. The highest BCUT2D eigenvalue weighted by molar-refractivity contribution is 5.89. The highest BCUT2D eigenvalue weighted by atomic mass is 19.1. The molecule has 0 radical (unpaired) electrons. The summed E-state index contributed by atoms with van der Waals surface area (Å²) in [6.45, 7) is -0.219. The molecule has 6 nitrogen and oxygen atoms in total. The summed E-state index contributed by atoms with van der Waals surface area (Å²) in [6.07, 6.45) is 2.64. The van der Waals surface area contributed by atoms with Gasteiger partial charge in [-0.05, 0) is 41.5 Å². The minimum atomic E-state index is -0.686. The molecule has 0 aliphatic carbocycles. The molecule has 0 bridgehead atoms. The van der Waals surface area contributed by atoms with Crippen molar-refractivity contribution in [2.45, 2.75) is 6.54 Å². The van der Waals surface area contributed by atoms with Crippen LogP contribution in [0.5, 0.6) is 11.5 Å². The predicted molar refractivity (Wildman–Crippen MR) is 92.9 cm³/mol. The van der Waals surface area contributed by atoms with E-state index in [1.807, 2.05) is 0 Å². The molecule has 2 aromatic carbocycles. The second-order valence-electron chi connectivity index (χ2n) is 5.28. The van der Waals surface area contributed by atoms with Crippen molar-refractivity contribution >= 4 is 18.0 Å². The Labute approximate surface area is 149 Å². The van der Waals surface area contributed by atoms with E-state index in [-0.39, 0.29) is 23.9 Å². The number of phenolic OH excluding ortho intramolecular Hbond substituents is 1. The Kier molecular flexibility index (Phi) is 6.73. The molecule has 0 spiro atoms. The third-order valence-corrected chi connectivity index (χ3v) is 3.36. The van der Waals surface area contributed by atoms with Gasteiger partial charge in [0.2, 0.25) is 0 Å². The summed E-state index contributed by atoms with van der Waals surface area (Å²) in [5.41, 5.74) is 1.35. The van der Waals surface area contributed by atoms with E-state index in [9.17, 15) is 19.1 Å². The zero-order chi connectivity index (χ0) is 18.9. The molecule has 26 heavy (non-hydrogen) atoms. The summed E-state index contributed by atoms with van der Waals surface area (Å²) in [4.78, 5) is 23.3. The van der Waals surface area contributed by atoms with E-state index >= 15 is 0 Å². The Morgan fingerprint density at radius 1 is 1.19 bits per heavy atom. The number of methoxy groups -OCH3 is 1. The second kappa shape index (κ2) is 9.22. The molecule has 0 fully saturated rings. The maximum absolute atomic E-state index is 12.8. The minimum Gasteiger partial charge on any atom is -0.504 e. The highest BCUT2D eigenvalue weighted by Gasteiger charge is 2.06. The molecule has 0 saturated carbocycles. The first-order valence-corrected chi connectivity index (χ1v) is 7.71. The third-order valence-electron chi connectivity index (χ3n) is 3.36. The van der Waals surface area contributed by atoms with Crippen molar-refractivity contribution in [3.05, 3.63) is 65.5 Å². The van der Waals surface area contributed by atoms with Gasteiger partial charge in [0, 0.05) is 12.6 Å². The van der Waals surface area contributed by atoms with Crippen LogP contribution in [-0.4, -0.2) is 30.7 Å². The van der Waals surface area contributed by atoms with Crippen LogP contribution in [0.15, 0.2) is 48.5 Å². The lowest BCUT2D eigenvalue weighted by Crippen LogP contribution is -2.28. The number of nitrogens with one attached hydrogen (secondary N) is 1. The second-order valence-corrected chi connectivity index (χ2v) is 5.28. The fraction of sp³-hybridized carbons (Fsp3) is 0.158. The molecule has 1 amide bonds. The van der Waals surface area contributed by atoms with Crippen molar-refractivity contribution in [3.63, 3.8) is 0 Å². The van der Waals surface area contributed by atoms with Gasteiger partial charge in [0.1, 0.15) is 5.82 Å². The lowest BCUT2D eigenvalue weighted by molar-refractivity contribution is -0.143. The molecule has 0 heterocycles. The van der Waals surface area contributed by atoms with Gasteiger partial charge in [0.15, 0.2) is 18.1 Å². The van der Waals surface area contributed by atoms with Gasteiger partial charge >= 0.3 is 5.97 Å². The van der Waals surface area contributed by atoms with Crippen molar-refractivity contribution in [2.75, 3.05) is 13.7 Å². The largest absolute Gasteiger partial charge is 0.504 e. The van der Waals surface area contributed by atoms with E-state index in [1.165, 1.54) is 37.5 Å². The van der Waals surface area contributed by atoms with Gasteiger partial charge in [0.25, 0.3) is 5.91 Å². The van der Waals surface area contributed by atoms with Crippen molar-refractivity contribution in [3.8, 4) is 11.5 Å². The molecule has 0 aliphatic rings. The Balaban J connectivity index is 1.77. The van der Waals surface area contributed by atoms with Crippen LogP contribution in [0, 0.1) is 5.82 Å². The number of hydrogen-bond acceptors (Lipinski definition) is 5. The number of amides is 1. The SMILES string of the molecule is COc1cc(/C=C/C(=O)OCC(=O)NCc2ccc(F)cc2)ccc1O. The van der Waals surface area contributed by atoms with E-state index < -0.39 is 18.5 Å². The van der Waals surface area contributed by atoms with Crippen LogP contribution >= 0.6 is 0 Å². The lowest BCUT2D eigenvalue weighted by atomic mass is 10.2. The first-order chi connectivity index (χ1) is 12.5. The smallest absolute Gasteiger partial charge is 0.331 e. The third kappa shape index (κ3) is 5.94. The van der Waals surface area contributed by atoms with Crippen LogP contribution in [0.3, 0.4) is 0 Å². The molecule has 2 aromatic rings. The van der Waals surface area contributed by atoms with E-state index in [4.69, 9.17) is 9.47 Å².